The zero-order valence-corrected chi connectivity index (χ0v) is 37.3. The van der Waals surface area contributed by atoms with Gasteiger partial charge in [-0.1, -0.05) is 47.0 Å². The highest BCUT2D eigenvalue weighted by Gasteiger charge is 2.30. The molecule has 4 aromatic rings. The Balaban J connectivity index is 1.01. The van der Waals surface area contributed by atoms with E-state index >= 15 is 0 Å². The number of benzene rings is 2. The van der Waals surface area contributed by atoms with Gasteiger partial charge in [0.1, 0.15) is 0 Å². The summed E-state index contributed by atoms with van der Waals surface area (Å²) in [5.41, 5.74) is 10.7. The lowest BCUT2D eigenvalue weighted by atomic mass is 10.0. The Bertz CT molecular complexity index is 1940. The second kappa shape index (κ2) is 16.5. The summed E-state index contributed by atoms with van der Waals surface area (Å²) in [7, 11) is 6.84. The van der Waals surface area contributed by atoms with E-state index in [1.54, 1.807) is 28.4 Å². The fourth-order valence-electron chi connectivity index (χ4n) is 6.05. The van der Waals surface area contributed by atoms with E-state index in [1.807, 2.05) is 117 Å². The molecule has 6 heterocycles. The minimum absolute atomic E-state index is 0.800. The van der Waals surface area contributed by atoms with Gasteiger partial charge in [0.05, 0.1) is 53.9 Å². The molecule has 0 fully saturated rings. The van der Waals surface area contributed by atoms with Gasteiger partial charge in [0.25, 0.3) is 0 Å². The fraction of sp³-hybridized carbons (Fsp3) is 0.263. The van der Waals surface area contributed by atoms with E-state index in [9.17, 15) is 0 Å². The first kappa shape index (κ1) is 37.7. The van der Waals surface area contributed by atoms with Crippen molar-refractivity contribution in [3.05, 3.63) is 105 Å². The van der Waals surface area contributed by atoms with E-state index in [4.69, 9.17) is 18.9 Å². The van der Waals surface area contributed by atoms with Crippen molar-refractivity contribution < 1.29 is 18.9 Å². The van der Waals surface area contributed by atoms with Crippen molar-refractivity contribution in [3.8, 4) is 34.1 Å². The summed E-state index contributed by atoms with van der Waals surface area (Å²) in [6.45, 7) is 4.62. The zero-order chi connectivity index (χ0) is 35.9. The van der Waals surface area contributed by atoms with Crippen LogP contribution in [0.2, 0.25) is 0 Å². The van der Waals surface area contributed by atoms with Crippen LogP contribution in [0.5, 0.6) is 23.0 Å². The van der Waals surface area contributed by atoms with Crippen molar-refractivity contribution in [2.45, 2.75) is 36.9 Å². The molecule has 0 aliphatic carbocycles. The topological polar surface area (TPSA) is 36.9 Å². The standard InChI is InChI=1S/C38H34O4S10/c1-19(33-49-35-36(50-33)46-16-22-12-28(40-4)27(39-3)11-21(22)15-45-35)31-25(7-9-43-31)26-8-10-44-32(26)20(2)34-51-37-38(52-34)48-18-24-14-30(42-6)29(41-5)13-23(24)17-47-37/h7-14H,15-18H2,1-6H3. The molecule has 0 atom stereocenters. The molecular formula is C38H34O4S10. The van der Waals surface area contributed by atoms with Crippen molar-refractivity contribution in [2.24, 2.45) is 0 Å². The lowest BCUT2D eigenvalue weighted by Gasteiger charge is -2.17. The summed E-state index contributed by atoms with van der Waals surface area (Å²) >= 11 is 19.3. The lowest BCUT2D eigenvalue weighted by Crippen LogP contribution is -1.98. The maximum Gasteiger partial charge on any atom is 0.161 e. The van der Waals surface area contributed by atoms with Crippen LogP contribution in [0.25, 0.3) is 22.3 Å². The van der Waals surface area contributed by atoms with E-state index in [-0.39, 0.29) is 0 Å². The van der Waals surface area contributed by atoms with Gasteiger partial charge in [-0.15, -0.1) is 69.7 Å². The molecule has 0 spiro atoms. The molecule has 0 unspecified atom stereocenters. The monoisotopic (exact) mass is 874 g/mol. The van der Waals surface area contributed by atoms with Gasteiger partial charge >= 0.3 is 0 Å². The number of allylic oxidation sites excluding steroid dienone is 2. The Morgan fingerprint density at radius 2 is 0.750 bits per heavy atom. The molecule has 4 aliphatic rings. The minimum Gasteiger partial charge on any atom is -0.493 e. The Kier molecular flexibility index (Phi) is 12.0. The molecule has 0 amide bonds. The van der Waals surface area contributed by atoms with Gasteiger partial charge in [-0.25, -0.2) is 0 Å². The van der Waals surface area contributed by atoms with Crippen LogP contribution in [0.3, 0.4) is 0 Å². The summed E-state index contributed by atoms with van der Waals surface area (Å²) in [5.74, 6) is 6.89. The zero-order valence-electron chi connectivity index (χ0n) is 29.2. The number of rotatable bonds is 7. The van der Waals surface area contributed by atoms with Crippen LogP contribution < -0.4 is 18.9 Å². The van der Waals surface area contributed by atoms with Crippen LogP contribution in [0, 0.1) is 0 Å². The first-order valence-corrected chi connectivity index (χ1v) is 25.1. The maximum absolute atomic E-state index is 5.62. The molecule has 270 valence electrons. The number of hydrogen-bond donors (Lipinski definition) is 0. The molecule has 52 heavy (non-hydrogen) atoms. The summed E-state index contributed by atoms with van der Waals surface area (Å²) in [6.07, 6.45) is 0. The van der Waals surface area contributed by atoms with Gasteiger partial charge in [0.2, 0.25) is 0 Å². The first-order chi connectivity index (χ1) is 25.4. The Labute approximate surface area is 347 Å². The molecular weight excluding hydrogens is 841 g/mol. The van der Waals surface area contributed by atoms with Gasteiger partial charge < -0.3 is 18.9 Å². The van der Waals surface area contributed by atoms with Gasteiger partial charge in [0.15, 0.2) is 23.0 Å². The number of fused-ring (bicyclic) bond motifs is 2. The average molecular weight is 875 g/mol. The van der Waals surface area contributed by atoms with Crippen molar-refractivity contribution in [3.63, 3.8) is 0 Å². The van der Waals surface area contributed by atoms with Crippen molar-refractivity contribution in [1.29, 1.82) is 0 Å². The lowest BCUT2D eigenvalue weighted by molar-refractivity contribution is 0.354. The van der Waals surface area contributed by atoms with Crippen LogP contribution in [0.4, 0.5) is 0 Å². The Hall–Kier alpha value is -1.20. The van der Waals surface area contributed by atoms with Crippen molar-refractivity contribution in [1.82, 2.24) is 0 Å². The summed E-state index contributed by atoms with van der Waals surface area (Å²) in [5, 5.41) is 4.52. The second-order valence-electron chi connectivity index (χ2n) is 11.8. The Morgan fingerprint density at radius 1 is 0.462 bits per heavy atom. The summed E-state index contributed by atoms with van der Waals surface area (Å²) in [4.78, 5) is 2.73. The minimum atomic E-state index is 0.800. The highest BCUT2D eigenvalue weighted by molar-refractivity contribution is 8.41. The van der Waals surface area contributed by atoms with E-state index in [0.717, 1.165) is 46.0 Å². The molecule has 0 radical (unpaired) electrons. The molecule has 0 bridgehead atoms. The summed E-state index contributed by atoms with van der Waals surface area (Å²) in [6, 6.07) is 13.2. The Morgan fingerprint density at radius 3 is 1.02 bits per heavy atom. The molecule has 2 aromatic heterocycles. The van der Waals surface area contributed by atoms with Crippen molar-refractivity contribution in [2.75, 3.05) is 28.4 Å². The smallest absolute Gasteiger partial charge is 0.161 e. The molecule has 2 aromatic carbocycles. The highest BCUT2D eigenvalue weighted by Crippen LogP contribution is 2.63. The van der Waals surface area contributed by atoms with E-state index in [0.29, 0.717) is 0 Å². The average Bonchev–Trinajstić information content (AvgIpc) is 3.98. The molecule has 0 saturated heterocycles. The molecule has 4 nitrogen and oxygen atoms in total. The van der Waals surface area contributed by atoms with Crippen LogP contribution >= 0.6 is 117 Å². The van der Waals surface area contributed by atoms with Crippen LogP contribution in [0.1, 0.15) is 45.9 Å². The highest BCUT2D eigenvalue weighted by atomic mass is 32.3. The van der Waals surface area contributed by atoms with E-state index < -0.39 is 0 Å². The molecule has 14 heteroatoms. The van der Waals surface area contributed by atoms with Gasteiger partial charge in [0, 0.05) is 43.9 Å². The van der Waals surface area contributed by atoms with Crippen LogP contribution in [0.15, 0.2) is 72.6 Å². The maximum atomic E-state index is 5.62. The predicted octanol–water partition coefficient (Wildman–Crippen LogP) is 14.5. The number of thioether (sulfide) groups is 8. The van der Waals surface area contributed by atoms with Gasteiger partial charge in [-0.3, -0.25) is 0 Å². The SMILES string of the molecule is COc1cc2c(cc1OC)CSC1=C(SC2)SC(=C(C)c2sccc2-c2ccsc2C(C)=C2SC3=C(SCc4cc(OC)c(OC)cc4CS3)S2)S1. The molecule has 8 rings (SSSR count). The largest absolute Gasteiger partial charge is 0.493 e. The van der Waals surface area contributed by atoms with E-state index in [2.05, 4.69) is 61.0 Å². The fourth-order valence-corrected chi connectivity index (χ4v) is 19.9. The third kappa shape index (κ3) is 7.39. The molecule has 0 saturated carbocycles. The van der Waals surface area contributed by atoms with E-state index in [1.165, 1.54) is 79.7 Å². The number of ether oxygens (including phenoxy) is 4. The number of thiophene rings is 2. The second-order valence-corrected chi connectivity index (χ2v) is 23.2. The summed E-state index contributed by atoms with van der Waals surface area (Å²) < 4.78 is 30.9. The molecule has 0 N–H and O–H groups in total. The van der Waals surface area contributed by atoms with Gasteiger partial charge in [-0.05, 0) is 94.4 Å². The normalized spacial score (nSPS) is 17.0. The third-order valence-electron chi connectivity index (χ3n) is 8.84. The third-order valence-corrected chi connectivity index (χ3v) is 22.6. The number of methoxy groups -OCH3 is 4. The van der Waals surface area contributed by atoms with Crippen LogP contribution in [-0.4, -0.2) is 28.4 Å². The molecule has 4 aliphatic heterocycles. The van der Waals surface area contributed by atoms with Gasteiger partial charge in [-0.2, -0.15) is 0 Å². The van der Waals surface area contributed by atoms with Crippen molar-refractivity contribution >= 4 is 128 Å². The van der Waals surface area contributed by atoms with Crippen LogP contribution in [-0.2, 0) is 23.0 Å². The first-order valence-electron chi connectivity index (χ1n) is 16.2. The quantitative estimate of drug-likeness (QED) is 0.177. The predicted molar refractivity (Wildman–Crippen MR) is 242 cm³/mol. The number of hydrogen-bond acceptors (Lipinski definition) is 14.